The summed E-state index contributed by atoms with van der Waals surface area (Å²) < 4.78 is 15.8. The van der Waals surface area contributed by atoms with Gasteiger partial charge in [0.05, 0.1) is 13.2 Å². The van der Waals surface area contributed by atoms with Crippen molar-refractivity contribution >= 4 is 12.1 Å². The van der Waals surface area contributed by atoms with Crippen molar-refractivity contribution in [3.8, 4) is 0 Å². The van der Waals surface area contributed by atoms with Crippen molar-refractivity contribution in [2.75, 3.05) is 39.5 Å². The molecular formula is C31H55NO5. The van der Waals surface area contributed by atoms with Gasteiger partial charge in [0.1, 0.15) is 6.61 Å². The third kappa shape index (κ3) is 19.9. The zero-order valence-electron chi connectivity index (χ0n) is 24.1. The summed E-state index contributed by atoms with van der Waals surface area (Å²) in [5.74, 6) is 0.165. The number of hydrogen-bond donors (Lipinski definition) is 0. The average molecular weight is 522 g/mol. The molecule has 0 amide bonds. The largest absolute Gasteiger partial charge is 0.508 e. The molecule has 0 bridgehead atoms. The summed E-state index contributed by atoms with van der Waals surface area (Å²) in [7, 11) is 0. The highest BCUT2D eigenvalue weighted by molar-refractivity contribution is 5.69. The van der Waals surface area contributed by atoms with Gasteiger partial charge in [-0.05, 0) is 64.5 Å². The number of piperidine rings is 1. The standard InChI is InChI=1S/C31H55NO5/c1-4-6-7-8-9-10-11-12-13-14-15-16-17-18-19-22-30(33)35-25-28(3)26-36-31(34)37-27-29-21-20-23-32(5-2)24-29/h9-10,12-13,28-29H,4-8,11,14-27H2,1-3H3/b10-9-,13-12-. The molecule has 2 unspecified atom stereocenters. The molecule has 1 rings (SSSR count). The van der Waals surface area contributed by atoms with E-state index in [0.717, 1.165) is 64.6 Å². The summed E-state index contributed by atoms with van der Waals surface area (Å²) in [6.07, 6.45) is 24.0. The second-order valence-electron chi connectivity index (χ2n) is 10.5. The molecule has 0 saturated carbocycles. The number of hydrogen-bond acceptors (Lipinski definition) is 6. The number of carbonyl (C=O) groups is 2. The van der Waals surface area contributed by atoms with Gasteiger partial charge < -0.3 is 19.1 Å². The molecule has 1 saturated heterocycles. The van der Waals surface area contributed by atoms with Gasteiger partial charge in [0.15, 0.2) is 0 Å². The van der Waals surface area contributed by atoms with Crippen molar-refractivity contribution < 1.29 is 23.8 Å². The Bertz CT molecular complexity index is 633. The normalized spacial score (nSPS) is 17.3. The van der Waals surface area contributed by atoms with E-state index in [0.29, 0.717) is 18.9 Å². The number of rotatable bonds is 21. The van der Waals surface area contributed by atoms with E-state index in [4.69, 9.17) is 14.2 Å². The van der Waals surface area contributed by atoms with Crippen LogP contribution in [-0.4, -0.2) is 56.5 Å². The van der Waals surface area contributed by atoms with Crippen molar-refractivity contribution in [2.45, 2.75) is 111 Å². The highest BCUT2D eigenvalue weighted by Crippen LogP contribution is 2.16. The summed E-state index contributed by atoms with van der Waals surface area (Å²) in [6.45, 7) is 10.3. The van der Waals surface area contributed by atoms with Crippen molar-refractivity contribution in [3.05, 3.63) is 24.3 Å². The van der Waals surface area contributed by atoms with Gasteiger partial charge >= 0.3 is 12.1 Å². The van der Waals surface area contributed by atoms with Gasteiger partial charge in [-0.25, -0.2) is 4.79 Å². The molecule has 0 radical (unpaired) electrons. The van der Waals surface area contributed by atoms with Crippen LogP contribution >= 0.6 is 0 Å². The lowest BCUT2D eigenvalue weighted by molar-refractivity contribution is -0.145. The van der Waals surface area contributed by atoms with E-state index in [1.54, 1.807) is 0 Å². The minimum Gasteiger partial charge on any atom is -0.465 e. The Labute approximate surface area is 227 Å². The summed E-state index contributed by atoms with van der Waals surface area (Å²) in [6, 6.07) is 0. The molecule has 0 aromatic rings. The third-order valence-electron chi connectivity index (χ3n) is 6.83. The van der Waals surface area contributed by atoms with E-state index >= 15 is 0 Å². The van der Waals surface area contributed by atoms with Crippen LogP contribution in [0, 0.1) is 11.8 Å². The highest BCUT2D eigenvalue weighted by atomic mass is 16.7. The first-order chi connectivity index (χ1) is 18.0. The smallest absolute Gasteiger partial charge is 0.465 e. The van der Waals surface area contributed by atoms with E-state index in [2.05, 4.69) is 43.1 Å². The molecule has 1 aliphatic rings. The SMILES string of the molecule is CCCCC/C=C\C/C=C\CCCCCCCC(=O)OCC(C)COC(=O)OCC1CCCN(CC)C1. The summed E-state index contributed by atoms with van der Waals surface area (Å²) in [5, 5.41) is 0. The molecule has 214 valence electrons. The monoisotopic (exact) mass is 521 g/mol. The van der Waals surface area contributed by atoms with Crippen LogP contribution in [-0.2, 0) is 19.0 Å². The van der Waals surface area contributed by atoms with Crippen LogP contribution in [0.25, 0.3) is 0 Å². The number of ether oxygens (including phenoxy) is 3. The Morgan fingerprint density at radius 2 is 1.54 bits per heavy atom. The van der Waals surface area contributed by atoms with Crippen LogP contribution in [0.5, 0.6) is 0 Å². The molecule has 6 nitrogen and oxygen atoms in total. The molecule has 37 heavy (non-hydrogen) atoms. The van der Waals surface area contributed by atoms with Gasteiger partial charge in [-0.3, -0.25) is 4.79 Å². The molecule has 0 aliphatic carbocycles. The van der Waals surface area contributed by atoms with Gasteiger partial charge in [-0.15, -0.1) is 0 Å². The molecule has 1 aliphatic heterocycles. The maximum atomic E-state index is 12.0. The maximum Gasteiger partial charge on any atom is 0.508 e. The number of carbonyl (C=O) groups excluding carboxylic acids is 2. The number of unbranched alkanes of at least 4 members (excludes halogenated alkanes) is 8. The number of likely N-dealkylation sites (tertiary alicyclic amines) is 1. The van der Waals surface area contributed by atoms with Crippen molar-refractivity contribution in [2.24, 2.45) is 11.8 Å². The van der Waals surface area contributed by atoms with Gasteiger partial charge in [0.25, 0.3) is 0 Å². The van der Waals surface area contributed by atoms with Gasteiger partial charge in [-0.2, -0.15) is 0 Å². The Morgan fingerprint density at radius 1 is 0.865 bits per heavy atom. The number of allylic oxidation sites excluding steroid dienone is 4. The molecule has 0 N–H and O–H groups in total. The van der Waals surface area contributed by atoms with Crippen LogP contribution in [0.15, 0.2) is 24.3 Å². The Kier molecular flexibility index (Phi) is 20.9. The molecule has 0 spiro atoms. The molecule has 1 fully saturated rings. The van der Waals surface area contributed by atoms with Crippen LogP contribution in [0.1, 0.15) is 111 Å². The highest BCUT2D eigenvalue weighted by Gasteiger charge is 2.20. The number of nitrogens with zero attached hydrogens (tertiary/aromatic N) is 1. The molecular weight excluding hydrogens is 466 g/mol. The predicted octanol–water partition coefficient (Wildman–Crippen LogP) is 7.86. The number of esters is 1. The average Bonchev–Trinajstić information content (AvgIpc) is 2.91. The first-order valence-corrected chi connectivity index (χ1v) is 15.0. The van der Waals surface area contributed by atoms with Crippen LogP contribution in [0.3, 0.4) is 0 Å². The zero-order valence-corrected chi connectivity index (χ0v) is 24.1. The minimum atomic E-state index is -0.628. The van der Waals surface area contributed by atoms with E-state index < -0.39 is 6.16 Å². The lowest BCUT2D eigenvalue weighted by Crippen LogP contribution is -2.37. The minimum absolute atomic E-state index is 0.0497. The van der Waals surface area contributed by atoms with Gasteiger partial charge in [-0.1, -0.05) is 77.2 Å². The van der Waals surface area contributed by atoms with Crippen molar-refractivity contribution in [3.63, 3.8) is 0 Å². The zero-order chi connectivity index (χ0) is 27.0. The van der Waals surface area contributed by atoms with Crippen LogP contribution in [0.4, 0.5) is 4.79 Å². The Morgan fingerprint density at radius 3 is 2.27 bits per heavy atom. The molecule has 2 atom stereocenters. The fraction of sp³-hybridized carbons (Fsp3) is 0.806. The first-order valence-electron chi connectivity index (χ1n) is 15.0. The topological polar surface area (TPSA) is 65.1 Å². The van der Waals surface area contributed by atoms with Crippen LogP contribution < -0.4 is 0 Å². The first kappa shape index (κ1) is 33.2. The van der Waals surface area contributed by atoms with E-state index in [1.165, 1.54) is 38.5 Å². The van der Waals surface area contributed by atoms with Crippen molar-refractivity contribution in [1.29, 1.82) is 0 Å². The quantitative estimate of drug-likeness (QED) is 0.0870. The van der Waals surface area contributed by atoms with Gasteiger partial charge in [0, 0.05) is 24.8 Å². The maximum absolute atomic E-state index is 12.0. The van der Waals surface area contributed by atoms with Crippen molar-refractivity contribution in [1.82, 2.24) is 4.90 Å². The molecule has 6 heteroatoms. The summed E-state index contributed by atoms with van der Waals surface area (Å²) in [5.41, 5.74) is 0. The van der Waals surface area contributed by atoms with Gasteiger partial charge in [0.2, 0.25) is 0 Å². The van der Waals surface area contributed by atoms with Crippen LogP contribution in [0.2, 0.25) is 0 Å². The van der Waals surface area contributed by atoms with E-state index in [9.17, 15) is 9.59 Å². The fourth-order valence-electron chi connectivity index (χ4n) is 4.45. The Hall–Kier alpha value is -1.82. The Balaban J connectivity index is 1.92. The lowest BCUT2D eigenvalue weighted by Gasteiger charge is -2.31. The second-order valence-corrected chi connectivity index (χ2v) is 10.5. The molecule has 1 heterocycles. The molecule has 0 aromatic heterocycles. The predicted molar refractivity (Wildman–Crippen MR) is 152 cm³/mol. The molecule has 0 aromatic carbocycles. The second kappa shape index (κ2) is 23.3. The lowest BCUT2D eigenvalue weighted by atomic mass is 9.99. The van der Waals surface area contributed by atoms with E-state index in [-0.39, 0.29) is 25.1 Å². The third-order valence-corrected chi connectivity index (χ3v) is 6.83. The summed E-state index contributed by atoms with van der Waals surface area (Å²) in [4.78, 5) is 26.2. The van der Waals surface area contributed by atoms with E-state index in [1.807, 2.05) is 6.92 Å². The fourth-order valence-corrected chi connectivity index (χ4v) is 4.45. The summed E-state index contributed by atoms with van der Waals surface area (Å²) >= 11 is 0.